The molecule has 0 spiro atoms. The van der Waals surface area contributed by atoms with Crippen LogP contribution in [0.5, 0.6) is 0 Å². The fourth-order valence-corrected chi connectivity index (χ4v) is 5.26. The van der Waals surface area contributed by atoms with Gasteiger partial charge in [0.15, 0.2) is 0 Å². The van der Waals surface area contributed by atoms with E-state index < -0.39 is 0 Å². The summed E-state index contributed by atoms with van der Waals surface area (Å²) in [6.07, 6.45) is 4.55. The lowest BCUT2D eigenvalue weighted by Gasteiger charge is -2.31. The van der Waals surface area contributed by atoms with Gasteiger partial charge in [0.2, 0.25) is 0 Å². The highest BCUT2D eigenvalue weighted by Crippen LogP contribution is 2.33. The zero-order valence-corrected chi connectivity index (χ0v) is 18.3. The lowest BCUT2D eigenvalue weighted by molar-refractivity contribution is 0.0601. The van der Waals surface area contributed by atoms with Crippen LogP contribution in [0.1, 0.15) is 40.4 Å². The Morgan fingerprint density at radius 3 is 2.71 bits per heavy atom. The highest BCUT2D eigenvalue weighted by atomic mass is 32.1. The zero-order chi connectivity index (χ0) is 21.2. The number of piperidine rings is 1. The number of aromatic amines is 1. The van der Waals surface area contributed by atoms with Gasteiger partial charge in [-0.25, -0.2) is 9.78 Å². The summed E-state index contributed by atoms with van der Waals surface area (Å²) in [4.78, 5) is 22.4. The number of carbonyl (C=O) groups excluding carboxylic acids is 1. The Hall–Kier alpha value is -2.96. The topological polar surface area (TPSA) is 58.2 Å². The predicted molar refractivity (Wildman–Crippen MR) is 124 cm³/mol. The molecule has 1 N–H and O–H groups in total. The van der Waals surface area contributed by atoms with Crippen LogP contribution in [0.2, 0.25) is 0 Å². The summed E-state index contributed by atoms with van der Waals surface area (Å²) < 4.78 is 4.76. The molecule has 5 rings (SSSR count). The molecule has 158 valence electrons. The monoisotopic (exact) mass is 431 g/mol. The van der Waals surface area contributed by atoms with Gasteiger partial charge in [-0.05, 0) is 55.6 Å². The SMILES string of the molecule is COC(=O)c1ccc(-c2nc(CN3CCC(c4c[nH]c5ccccc45)CC3)cs2)cc1. The summed E-state index contributed by atoms with van der Waals surface area (Å²) in [6, 6.07) is 16.0. The summed E-state index contributed by atoms with van der Waals surface area (Å²) >= 11 is 1.65. The van der Waals surface area contributed by atoms with Crippen molar-refractivity contribution < 1.29 is 9.53 Å². The van der Waals surface area contributed by atoms with Gasteiger partial charge in [0.05, 0.1) is 18.4 Å². The van der Waals surface area contributed by atoms with E-state index in [0.717, 1.165) is 35.9 Å². The quantitative estimate of drug-likeness (QED) is 0.427. The van der Waals surface area contributed by atoms with Crippen LogP contribution in [-0.4, -0.2) is 41.0 Å². The third-order valence-electron chi connectivity index (χ3n) is 6.14. The summed E-state index contributed by atoms with van der Waals surface area (Å²) in [5, 5.41) is 4.50. The Bertz CT molecular complexity index is 1190. The largest absolute Gasteiger partial charge is 0.465 e. The van der Waals surface area contributed by atoms with E-state index in [0.29, 0.717) is 11.5 Å². The molecule has 0 saturated carbocycles. The van der Waals surface area contributed by atoms with Crippen LogP contribution in [0, 0.1) is 0 Å². The van der Waals surface area contributed by atoms with Gasteiger partial charge in [-0.2, -0.15) is 0 Å². The van der Waals surface area contributed by atoms with Crippen LogP contribution >= 0.6 is 11.3 Å². The number of esters is 1. The van der Waals surface area contributed by atoms with E-state index in [1.807, 2.05) is 12.1 Å². The van der Waals surface area contributed by atoms with Gasteiger partial charge < -0.3 is 9.72 Å². The number of H-pyrrole nitrogens is 1. The number of hydrogen-bond donors (Lipinski definition) is 1. The van der Waals surface area contributed by atoms with Crippen molar-refractivity contribution in [3.05, 3.63) is 76.9 Å². The first kappa shape index (κ1) is 20.0. The number of benzene rings is 2. The molecule has 5 nitrogen and oxygen atoms in total. The molecule has 0 radical (unpaired) electrons. The molecule has 6 heteroatoms. The molecule has 1 aliphatic heterocycles. The average Bonchev–Trinajstić information content (AvgIpc) is 3.46. The van der Waals surface area contributed by atoms with E-state index in [1.54, 1.807) is 23.5 Å². The molecule has 4 aromatic rings. The standard InChI is InChI=1S/C25H25N3O2S/c1-30-25(29)19-8-6-18(7-9-19)24-27-20(16-31-24)15-28-12-10-17(11-13-28)22-14-26-23-5-3-2-4-21(22)23/h2-9,14,16-17,26H,10-13,15H2,1H3. The van der Waals surface area contributed by atoms with Crippen molar-refractivity contribution in [1.29, 1.82) is 0 Å². The van der Waals surface area contributed by atoms with Gasteiger partial charge in [-0.3, -0.25) is 4.90 Å². The minimum Gasteiger partial charge on any atom is -0.465 e. The van der Waals surface area contributed by atoms with Crippen LogP contribution in [-0.2, 0) is 11.3 Å². The molecule has 0 atom stereocenters. The number of hydrogen-bond acceptors (Lipinski definition) is 5. The maximum absolute atomic E-state index is 11.6. The summed E-state index contributed by atoms with van der Waals surface area (Å²) in [5.74, 6) is 0.300. The maximum atomic E-state index is 11.6. The highest BCUT2D eigenvalue weighted by Gasteiger charge is 2.23. The fourth-order valence-electron chi connectivity index (χ4n) is 4.44. The van der Waals surface area contributed by atoms with Gasteiger partial charge in [0.25, 0.3) is 0 Å². The molecule has 0 amide bonds. The Morgan fingerprint density at radius 2 is 1.94 bits per heavy atom. The summed E-state index contributed by atoms with van der Waals surface area (Å²) in [5.41, 5.74) is 5.39. The molecule has 0 aliphatic carbocycles. The minimum absolute atomic E-state index is 0.317. The van der Waals surface area contributed by atoms with Crippen LogP contribution in [0.3, 0.4) is 0 Å². The number of methoxy groups -OCH3 is 1. The van der Waals surface area contributed by atoms with Crippen molar-refractivity contribution in [2.24, 2.45) is 0 Å². The first-order valence-electron chi connectivity index (χ1n) is 10.6. The fraction of sp³-hybridized carbons (Fsp3) is 0.280. The predicted octanol–water partition coefficient (Wildman–Crippen LogP) is 5.46. The van der Waals surface area contributed by atoms with Gasteiger partial charge in [0.1, 0.15) is 5.01 Å². The third kappa shape index (κ3) is 4.13. The van der Waals surface area contributed by atoms with E-state index >= 15 is 0 Å². The number of carbonyl (C=O) groups is 1. The van der Waals surface area contributed by atoms with Crippen LogP contribution in [0.15, 0.2) is 60.1 Å². The zero-order valence-electron chi connectivity index (χ0n) is 17.5. The second-order valence-corrected chi connectivity index (χ2v) is 8.91. The molecule has 1 aliphatic rings. The van der Waals surface area contributed by atoms with Crippen molar-refractivity contribution in [1.82, 2.24) is 14.9 Å². The first-order chi connectivity index (χ1) is 15.2. The van der Waals surface area contributed by atoms with Crippen molar-refractivity contribution in [3.63, 3.8) is 0 Å². The summed E-state index contributed by atoms with van der Waals surface area (Å²) in [7, 11) is 1.40. The lowest BCUT2D eigenvalue weighted by atomic mass is 9.89. The molecule has 31 heavy (non-hydrogen) atoms. The van der Waals surface area contributed by atoms with E-state index in [4.69, 9.17) is 9.72 Å². The normalized spacial score (nSPS) is 15.4. The molecule has 1 fully saturated rings. The number of aromatic nitrogens is 2. The molecule has 0 bridgehead atoms. The molecule has 0 unspecified atom stereocenters. The number of ether oxygens (including phenoxy) is 1. The molecule has 2 aromatic carbocycles. The van der Waals surface area contributed by atoms with E-state index in [-0.39, 0.29) is 5.97 Å². The van der Waals surface area contributed by atoms with E-state index in [9.17, 15) is 4.79 Å². The van der Waals surface area contributed by atoms with Crippen molar-refractivity contribution in [2.45, 2.75) is 25.3 Å². The number of rotatable bonds is 5. The van der Waals surface area contributed by atoms with E-state index in [2.05, 4.69) is 45.7 Å². The van der Waals surface area contributed by atoms with Crippen LogP contribution in [0.25, 0.3) is 21.5 Å². The molecule has 3 heterocycles. The van der Waals surface area contributed by atoms with Crippen LogP contribution in [0.4, 0.5) is 0 Å². The smallest absolute Gasteiger partial charge is 0.337 e. The number of nitrogens with zero attached hydrogens (tertiary/aromatic N) is 2. The molecule has 1 saturated heterocycles. The Balaban J connectivity index is 1.20. The van der Waals surface area contributed by atoms with Gasteiger partial charge in [-0.1, -0.05) is 30.3 Å². The lowest BCUT2D eigenvalue weighted by Crippen LogP contribution is -2.32. The number of para-hydroxylation sites is 1. The summed E-state index contributed by atoms with van der Waals surface area (Å²) in [6.45, 7) is 3.06. The second-order valence-electron chi connectivity index (χ2n) is 8.05. The van der Waals surface area contributed by atoms with Crippen molar-refractivity contribution in [3.8, 4) is 10.6 Å². The van der Waals surface area contributed by atoms with Gasteiger partial charge >= 0.3 is 5.97 Å². The Kier molecular flexibility index (Phi) is 5.57. The second kappa shape index (κ2) is 8.65. The van der Waals surface area contributed by atoms with E-state index in [1.165, 1.54) is 36.4 Å². The highest BCUT2D eigenvalue weighted by molar-refractivity contribution is 7.13. The van der Waals surface area contributed by atoms with Crippen molar-refractivity contribution >= 4 is 28.2 Å². The third-order valence-corrected chi connectivity index (χ3v) is 7.08. The maximum Gasteiger partial charge on any atom is 0.337 e. The first-order valence-corrected chi connectivity index (χ1v) is 11.5. The number of fused-ring (bicyclic) bond motifs is 1. The van der Waals surface area contributed by atoms with Crippen LogP contribution < -0.4 is 0 Å². The minimum atomic E-state index is -0.317. The molecular weight excluding hydrogens is 406 g/mol. The number of likely N-dealkylation sites (tertiary alicyclic amines) is 1. The van der Waals surface area contributed by atoms with Crippen molar-refractivity contribution in [2.75, 3.05) is 20.2 Å². The molecule has 2 aromatic heterocycles. The van der Waals surface area contributed by atoms with Gasteiger partial charge in [-0.15, -0.1) is 11.3 Å². The molecular formula is C25H25N3O2S. The van der Waals surface area contributed by atoms with Gasteiger partial charge in [0, 0.05) is 34.6 Å². The average molecular weight is 432 g/mol. The number of thiazole rings is 1. The Labute approximate surface area is 185 Å². The number of nitrogens with one attached hydrogen (secondary N) is 1. The Morgan fingerprint density at radius 1 is 1.16 bits per heavy atom.